The van der Waals surface area contributed by atoms with Crippen molar-refractivity contribution in [3.63, 3.8) is 0 Å². The quantitative estimate of drug-likeness (QED) is 0.610. The lowest BCUT2D eigenvalue weighted by Crippen LogP contribution is -2.41. The van der Waals surface area contributed by atoms with E-state index >= 15 is 0 Å². The Bertz CT molecular complexity index is 371. The summed E-state index contributed by atoms with van der Waals surface area (Å²) in [6, 6.07) is 0. The molecule has 0 aromatic heterocycles. The van der Waals surface area contributed by atoms with Crippen LogP contribution >= 0.6 is 0 Å². The molecule has 4 saturated carbocycles. The van der Waals surface area contributed by atoms with Crippen LogP contribution in [0.5, 0.6) is 0 Å². The molecular weight excluding hydrogens is 228 g/mol. The summed E-state index contributed by atoms with van der Waals surface area (Å²) in [6.07, 6.45) is 10.7. The monoisotopic (exact) mass is 260 g/mol. The van der Waals surface area contributed by atoms with Crippen molar-refractivity contribution in [1.82, 2.24) is 0 Å². The summed E-state index contributed by atoms with van der Waals surface area (Å²) in [7, 11) is 0. The van der Waals surface area contributed by atoms with Crippen molar-refractivity contribution in [2.45, 2.75) is 72.6 Å². The predicted octanol–water partition coefficient (Wildman–Crippen LogP) is 5.52. The molecule has 4 unspecified atom stereocenters. The summed E-state index contributed by atoms with van der Waals surface area (Å²) in [6.45, 7) is 9.89. The van der Waals surface area contributed by atoms with Gasteiger partial charge in [-0.1, -0.05) is 40.5 Å². The standard InChI is InChI=1S/C19H32/c1-5-7-14-10-18(11-14)17-16(19(17,18)6-2)13(4)15-8-12(3)9-15/h12-17H,5-11H2,1-4H3. The molecule has 0 bridgehead atoms. The molecule has 19 heavy (non-hydrogen) atoms. The van der Waals surface area contributed by atoms with Gasteiger partial charge in [0.05, 0.1) is 0 Å². The highest BCUT2D eigenvalue weighted by Gasteiger charge is 2.95. The molecule has 108 valence electrons. The minimum absolute atomic E-state index is 0.871. The van der Waals surface area contributed by atoms with Crippen molar-refractivity contribution in [2.24, 2.45) is 46.3 Å². The van der Waals surface area contributed by atoms with E-state index in [4.69, 9.17) is 0 Å². The van der Waals surface area contributed by atoms with Crippen molar-refractivity contribution in [2.75, 3.05) is 0 Å². The lowest BCUT2D eigenvalue weighted by molar-refractivity contribution is 0.00144. The van der Waals surface area contributed by atoms with E-state index in [1.54, 1.807) is 12.8 Å². The van der Waals surface area contributed by atoms with Gasteiger partial charge < -0.3 is 0 Å². The molecule has 0 aliphatic heterocycles. The van der Waals surface area contributed by atoms with Gasteiger partial charge in [0, 0.05) is 0 Å². The Hall–Kier alpha value is 0. The largest absolute Gasteiger partial charge is 0.0654 e. The molecule has 4 rings (SSSR count). The van der Waals surface area contributed by atoms with Crippen molar-refractivity contribution >= 4 is 0 Å². The topological polar surface area (TPSA) is 0 Å². The minimum atomic E-state index is 0.871. The summed E-state index contributed by atoms with van der Waals surface area (Å²) >= 11 is 0. The van der Waals surface area contributed by atoms with Crippen LogP contribution in [0.15, 0.2) is 0 Å². The van der Waals surface area contributed by atoms with Crippen LogP contribution in [0.1, 0.15) is 72.6 Å². The number of rotatable bonds is 5. The maximum absolute atomic E-state index is 2.60. The average Bonchev–Trinajstić information content (AvgIpc) is 3.14. The molecule has 0 aromatic carbocycles. The van der Waals surface area contributed by atoms with Gasteiger partial charge in [-0.05, 0) is 78.4 Å². The molecule has 0 aromatic rings. The van der Waals surface area contributed by atoms with Gasteiger partial charge in [-0.15, -0.1) is 0 Å². The SMILES string of the molecule is CCCC1CC2(C1)C1C(C(C)C3CC(C)C3)C12CC. The molecule has 1 spiro atoms. The Morgan fingerprint density at radius 2 is 1.84 bits per heavy atom. The minimum Gasteiger partial charge on any atom is -0.0654 e. The van der Waals surface area contributed by atoms with E-state index in [0.717, 1.165) is 40.4 Å². The highest BCUT2D eigenvalue weighted by molar-refractivity contribution is 5.42. The molecule has 4 atom stereocenters. The maximum atomic E-state index is 2.60. The molecule has 0 N–H and O–H groups in total. The molecule has 0 radical (unpaired) electrons. The Kier molecular flexibility index (Phi) is 2.54. The van der Waals surface area contributed by atoms with Crippen LogP contribution in [-0.2, 0) is 0 Å². The summed E-state index contributed by atoms with van der Waals surface area (Å²) < 4.78 is 0. The second-order valence-electron chi connectivity index (χ2n) is 8.81. The summed E-state index contributed by atoms with van der Waals surface area (Å²) in [5.41, 5.74) is 1.77. The van der Waals surface area contributed by atoms with Crippen molar-refractivity contribution in [3.8, 4) is 0 Å². The molecule has 0 nitrogen and oxygen atoms in total. The first-order valence-electron chi connectivity index (χ1n) is 9.10. The fourth-order valence-corrected chi connectivity index (χ4v) is 7.26. The van der Waals surface area contributed by atoms with Crippen LogP contribution in [0.2, 0.25) is 0 Å². The third-order valence-corrected chi connectivity index (χ3v) is 8.15. The number of hydrogen-bond donors (Lipinski definition) is 0. The van der Waals surface area contributed by atoms with Crippen LogP contribution < -0.4 is 0 Å². The second kappa shape index (κ2) is 3.80. The fourth-order valence-electron chi connectivity index (χ4n) is 7.26. The van der Waals surface area contributed by atoms with E-state index in [0.29, 0.717) is 0 Å². The summed E-state index contributed by atoms with van der Waals surface area (Å²) in [5, 5.41) is 0. The van der Waals surface area contributed by atoms with Gasteiger partial charge in [-0.3, -0.25) is 0 Å². The van der Waals surface area contributed by atoms with Crippen molar-refractivity contribution in [3.05, 3.63) is 0 Å². The third-order valence-electron chi connectivity index (χ3n) is 8.15. The molecule has 0 saturated heterocycles. The van der Waals surface area contributed by atoms with Crippen LogP contribution in [-0.4, -0.2) is 0 Å². The molecule has 4 aliphatic rings. The Morgan fingerprint density at radius 3 is 2.32 bits per heavy atom. The Labute approximate surface area is 119 Å². The molecular formula is C19H32. The Morgan fingerprint density at radius 1 is 1.16 bits per heavy atom. The van der Waals surface area contributed by atoms with Gasteiger partial charge >= 0.3 is 0 Å². The number of hydrogen-bond acceptors (Lipinski definition) is 0. The maximum Gasteiger partial charge on any atom is -0.0170 e. The third kappa shape index (κ3) is 1.32. The molecule has 0 heterocycles. The van der Waals surface area contributed by atoms with Gasteiger partial charge in [0.15, 0.2) is 0 Å². The van der Waals surface area contributed by atoms with Gasteiger partial charge in [0.2, 0.25) is 0 Å². The van der Waals surface area contributed by atoms with Crippen LogP contribution in [0.3, 0.4) is 0 Å². The van der Waals surface area contributed by atoms with Gasteiger partial charge in [0.25, 0.3) is 0 Å². The molecule has 0 heteroatoms. The zero-order valence-electron chi connectivity index (χ0n) is 13.4. The lowest BCUT2D eigenvalue weighted by Gasteiger charge is -2.49. The van der Waals surface area contributed by atoms with Crippen LogP contribution in [0, 0.1) is 46.3 Å². The first-order chi connectivity index (χ1) is 9.10. The summed E-state index contributed by atoms with van der Waals surface area (Å²) in [5.74, 6) is 6.63. The summed E-state index contributed by atoms with van der Waals surface area (Å²) in [4.78, 5) is 0. The molecule has 4 aliphatic carbocycles. The van der Waals surface area contributed by atoms with E-state index in [1.807, 2.05) is 0 Å². The van der Waals surface area contributed by atoms with E-state index in [2.05, 4.69) is 27.7 Å². The van der Waals surface area contributed by atoms with Crippen LogP contribution in [0.25, 0.3) is 0 Å². The average molecular weight is 260 g/mol. The Balaban J connectivity index is 1.37. The fraction of sp³-hybridized carbons (Fsp3) is 1.00. The van der Waals surface area contributed by atoms with E-state index in [1.165, 1.54) is 38.0 Å². The second-order valence-corrected chi connectivity index (χ2v) is 8.81. The first-order valence-corrected chi connectivity index (χ1v) is 9.10. The van der Waals surface area contributed by atoms with Gasteiger partial charge in [0.1, 0.15) is 0 Å². The van der Waals surface area contributed by atoms with E-state index in [9.17, 15) is 0 Å². The smallest absolute Gasteiger partial charge is 0.0170 e. The van der Waals surface area contributed by atoms with Gasteiger partial charge in [-0.2, -0.15) is 0 Å². The zero-order chi connectivity index (χ0) is 13.4. The van der Waals surface area contributed by atoms with E-state index < -0.39 is 0 Å². The zero-order valence-corrected chi connectivity index (χ0v) is 13.4. The van der Waals surface area contributed by atoms with Crippen LogP contribution in [0.4, 0.5) is 0 Å². The predicted molar refractivity (Wildman–Crippen MR) is 80.8 cm³/mol. The molecule has 4 fully saturated rings. The highest BCUT2D eigenvalue weighted by Crippen LogP contribution is 3.00. The van der Waals surface area contributed by atoms with Crippen molar-refractivity contribution < 1.29 is 0 Å². The number of fused-ring (bicyclic) bond motifs is 3. The molecule has 0 amide bonds. The lowest BCUT2D eigenvalue weighted by atomic mass is 9.56. The van der Waals surface area contributed by atoms with Crippen molar-refractivity contribution in [1.29, 1.82) is 0 Å². The highest BCUT2D eigenvalue weighted by atomic mass is 15.0. The normalized spacial score (nSPS) is 59.1. The van der Waals surface area contributed by atoms with Gasteiger partial charge in [-0.25, -0.2) is 0 Å². The van der Waals surface area contributed by atoms with E-state index in [-0.39, 0.29) is 0 Å². The first kappa shape index (κ1) is 12.7.